The van der Waals surface area contributed by atoms with Gasteiger partial charge in [0.2, 0.25) is 5.91 Å². The molecule has 1 atom stereocenters. The molecule has 1 rings (SSSR count). The third kappa shape index (κ3) is 3.15. The first-order chi connectivity index (χ1) is 8.52. The van der Waals surface area contributed by atoms with Gasteiger partial charge in [-0.25, -0.2) is 4.79 Å². The van der Waals surface area contributed by atoms with Gasteiger partial charge in [-0.15, -0.1) is 0 Å². The molecule has 5 nitrogen and oxygen atoms in total. The van der Waals surface area contributed by atoms with Gasteiger partial charge >= 0.3 is 6.03 Å². The Balaban J connectivity index is 2.83. The maximum Gasteiger partial charge on any atom is 0.320 e. The van der Waals surface area contributed by atoms with Crippen molar-refractivity contribution in [3.63, 3.8) is 0 Å². The summed E-state index contributed by atoms with van der Waals surface area (Å²) in [5.41, 5.74) is 0. The zero-order valence-electron chi connectivity index (χ0n) is 11.9. The molecule has 0 aromatic carbocycles. The number of hydrogen-bond acceptors (Lipinski definition) is 2. The van der Waals surface area contributed by atoms with Gasteiger partial charge < -0.3 is 15.1 Å². The van der Waals surface area contributed by atoms with E-state index in [2.05, 4.69) is 5.32 Å². The summed E-state index contributed by atoms with van der Waals surface area (Å²) < 4.78 is 0. The van der Waals surface area contributed by atoms with Crippen molar-refractivity contribution >= 4 is 11.9 Å². The first-order valence-corrected chi connectivity index (χ1v) is 6.87. The summed E-state index contributed by atoms with van der Waals surface area (Å²) >= 11 is 0. The lowest BCUT2D eigenvalue weighted by atomic mass is 10.1. The lowest BCUT2D eigenvalue weighted by Crippen LogP contribution is -2.60. The molecule has 3 amide bonds. The average Bonchev–Trinajstić information content (AvgIpc) is 2.32. The van der Waals surface area contributed by atoms with Crippen molar-refractivity contribution in [2.75, 3.05) is 19.6 Å². The quantitative estimate of drug-likeness (QED) is 0.826. The van der Waals surface area contributed by atoms with Gasteiger partial charge in [-0.3, -0.25) is 4.79 Å². The summed E-state index contributed by atoms with van der Waals surface area (Å²) in [6.07, 6.45) is 1.63. The number of urea groups is 1. The Morgan fingerprint density at radius 2 is 2.17 bits per heavy atom. The van der Waals surface area contributed by atoms with Crippen molar-refractivity contribution in [3.05, 3.63) is 0 Å². The third-order valence-corrected chi connectivity index (χ3v) is 3.35. The molecule has 0 aliphatic carbocycles. The average molecular weight is 255 g/mol. The molecule has 1 aliphatic rings. The molecule has 1 saturated heterocycles. The second-order valence-corrected chi connectivity index (χ2v) is 4.95. The van der Waals surface area contributed by atoms with Gasteiger partial charge in [0, 0.05) is 25.7 Å². The highest BCUT2D eigenvalue weighted by Gasteiger charge is 2.34. The second-order valence-electron chi connectivity index (χ2n) is 4.95. The van der Waals surface area contributed by atoms with E-state index in [9.17, 15) is 9.59 Å². The van der Waals surface area contributed by atoms with E-state index >= 15 is 0 Å². The van der Waals surface area contributed by atoms with Crippen molar-refractivity contribution in [2.24, 2.45) is 0 Å². The van der Waals surface area contributed by atoms with Crippen LogP contribution in [0.4, 0.5) is 4.79 Å². The van der Waals surface area contributed by atoms with Crippen molar-refractivity contribution < 1.29 is 9.59 Å². The van der Waals surface area contributed by atoms with E-state index in [1.807, 2.05) is 27.7 Å². The van der Waals surface area contributed by atoms with Crippen LogP contribution in [0.15, 0.2) is 0 Å². The Hall–Kier alpha value is -1.26. The number of carbonyl (C=O) groups is 2. The summed E-state index contributed by atoms with van der Waals surface area (Å²) in [6, 6.07) is -0.153. The third-order valence-electron chi connectivity index (χ3n) is 3.35. The van der Waals surface area contributed by atoms with E-state index in [0.717, 1.165) is 12.8 Å². The Morgan fingerprint density at radius 3 is 2.67 bits per heavy atom. The van der Waals surface area contributed by atoms with Crippen LogP contribution in [-0.2, 0) is 4.79 Å². The van der Waals surface area contributed by atoms with Crippen molar-refractivity contribution in [1.29, 1.82) is 0 Å². The molecule has 1 heterocycles. The van der Waals surface area contributed by atoms with E-state index in [1.54, 1.807) is 9.80 Å². The van der Waals surface area contributed by atoms with Gasteiger partial charge in [0.15, 0.2) is 0 Å². The summed E-state index contributed by atoms with van der Waals surface area (Å²) in [5, 5.41) is 2.84. The molecule has 1 N–H and O–H groups in total. The molecule has 0 radical (unpaired) electrons. The summed E-state index contributed by atoms with van der Waals surface area (Å²) in [4.78, 5) is 27.9. The lowest BCUT2D eigenvalue weighted by Gasteiger charge is -2.39. The Kier molecular flexibility index (Phi) is 5.44. The fraction of sp³-hybridized carbons (Fsp3) is 0.846. The van der Waals surface area contributed by atoms with Crippen LogP contribution < -0.4 is 5.32 Å². The molecule has 18 heavy (non-hydrogen) atoms. The Labute approximate surface area is 110 Å². The molecule has 104 valence electrons. The van der Waals surface area contributed by atoms with Crippen molar-refractivity contribution in [1.82, 2.24) is 15.1 Å². The maximum atomic E-state index is 12.5. The smallest absolute Gasteiger partial charge is 0.320 e. The minimum atomic E-state index is -0.302. The van der Waals surface area contributed by atoms with Crippen LogP contribution in [0.1, 0.15) is 40.5 Å². The predicted molar refractivity (Wildman–Crippen MR) is 71.3 cm³/mol. The molecule has 1 unspecified atom stereocenters. The number of nitrogens with zero attached hydrogens (tertiary/aromatic N) is 2. The molecular formula is C13H25N3O2. The first-order valence-electron chi connectivity index (χ1n) is 6.87. The molecule has 1 aliphatic heterocycles. The van der Waals surface area contributed by atoms with Gasteiger partial charge in [-0.1, -0.05) is 13.3 Å². The summed E-state index contributed by atoms with van der Waals surface area (Å²) in [6.45, 7) is 9.84. The molecule has 5 heteroatoms. The number of piperazine rings is 1. The van der Waals surface area contributed by atoms with Crippen molar-refractivity contribution in [3.8, 4) is 0 Å². The monoisotopic (exact) mass is 255 g/mol. The number of nitrogens with one attached hydrogen (secondary N) is 1. The van der Waals surface area contributed by atoms with E-state index < -0.39 is 0 Å². The number of hydrogen-bond donors (Lipinski definition) is 1. The van der Waals surface area contributed by atoms with Gasteiger partial charge in [0.05, 0.1) is 0 Å². The molecular weight excluding hydrogens is 230 g/mol. The zero-order valence-corrected chi connectivity index (χ0v) is 11.9. The minimum absolute atomic E-state index is 0.0131. The number of carbonyl (C=O) groups excluding carboxylic acids is 2. The molecule has 0 spiro atoms. The van der Waals surface area contributed by atoms with E-state index in [0.29, 0.717) is 19.6 Å². The van der Waals surface area contributed by atoms with Crippen LogP contribution in [-0.4, -0.2) is 53.5 Å². The maximum absolute atomic E-state index is 12.5. The summed E-state index contributed by atoms with van der Waals surface area (Å²) in [7, 11) is 0. The van der Waals surface area contributed by atoms with E-state index in [-0.39, 0.29) is 24.0 Å². The molecule has 0 saturated carbocycles. The standard InChI is InChI=1S/C13H25N3O2/c1-5-7-11-12(17)14-8-9-16(11)13(18)15(6-2)10(3)4/h10-11H,5-9H2,1-4H3,(H,14,17). The van der Waals surface area contributed by atoms with Crippen LogP contribution in [0.25, 0.3) is 0 Å². The fourth-order valence-electron chi connectivity index (χ4n) is 2.39. The van der Waals surface area contributed by atoms with E-state index in [1.165, 1.54) is 0 Å². The largest absolute Gasteiger partial charge is 0.353 e. The summed E-state index contributed by atoms with van der Waals surface area (Å²) in [5.74, 6) is -0.0174. The van der Waals surface area contributed by atoms with Crippen LogP contribution in [0, 0.1) is 0 Å². The molecule has 0 aromatic heterocycles. The van der Waals surface area contributed by atoms with Gasteiger partial charge in [-0.05, 0) is 27.2 Å². The topological polar surface area (TPSA) is 52.7 Å². The highest BCUT2D eigenvalue weighted by atomic mass is 16.2. The van der Waals surface area contributed by atoms with Crippen LogP contribution in [0.2, 0.25) is 0 Å². The number of rotatable bonds is 4. The van der Waals surface area contributed by atoms with Gasteiger partial charge in [0.1, 0.15) is 6.04 Å². The first kappa shape index (κ1) is 14.8. The molecule has 1 fully saturated rings. The zero-order chi connectivity index (χ0) is 13.7. The van der Waals surface area contributed by atoms with Crippen LogP contribution in [0.5, 0.6) is 0 Å². The van der Waals surface area contributed by atoms with Crippen molar-refractivity contribution in [2.45, 2.75) is 52.6 Å². The van der Waals surface area contributed by atoms with Gasteiger partial charge in [-0.2, -0.15) is 0 Å². The SMILES string of the molecule is CCCC1C(=O)NCCN1C(=O)N(CC)C(C)C. The van der Waals surface area contributed by atoms with Gasteiger partial charge in [0.25, 0.3) is 0 Å². The Morgan fingerprint density at radius 1 is 1.50 bits per heavy atom. The van der Waals surface area contributed by atoms with Crippen LogP contribution in [0.3, 0.4) is 0 Å². The second kappa shape index (κ2) is 6.61. The minimum Gasteiger partial charge on any atom is -0.353 e. The molecule has 0 aromatic rings. The normalized spacial score (nSPS) is 19.9. The lowest BCUT2D eigenvalue weighted by molar-refractivity contribution is -0.128. The highest BCUT2D eigenvalue weighted by Crippen LogP contribution is 2.14. The predicted octanol–water partition coefficient (Wildman–Crippen LogP) is 1.44. The number of amides is 3. The van der Waals surface area contributed by atoms with E-state index in [4.69, 9.17) is 0 Å². The highest BCUT2D eigenvalue weighted by molar-refractivity contribution is 5.88. The Bertz CT molecular complexity index is 305. The van der Waals surface area contributed by atoms with Crippen LogP contribution >= 0.6 is 0 Å². The molecule has 0 bridgehead atoms. The fourth-order valence-corrected chi connectivity index (χ4v) is 2.39.